The fraction of sp³-hybridized carbons (Fsp3) is 0.500. The van der Waals surface area contributed by atoms with Crippen molar-refractivity contribution in [3.8, 4) is 5.75 Å². The molecule has 2 heterocycles. The van der Waals surface area contributed by atoms with Gasteiger partial charge in [0.1, 0.15) is 16.1 Å². The Morgan fingerprint density at radius 1 is 1.34 bits per heavy atom. The van der Waals surface area contributed by atoms with Crippen molar-refractivity contribution in [3.63, 3.8) is 0 Å². The Labute approximate surface area is 202 Å². The van der Waals surface area contributed by atoms with Crippen LogP contribution >= 0.6 is 39.0 Å². The van der Waals surface area contributed by atoms with Crippen molar-refractivity contribution in [3.05, 3.63) is 34.3 Å². The zero-order chi connectivity index (χ0) is 23.5. The number of thioether (sulfide) groups is 1. The summed E-state index contributed by atoms with van der Waals surface area (Å²) in [6.07, 6.45) is -2.34. The van der Waals surface area contributed by atoms with E-state index < -0.39 is 21.8 Å². The number of nitrogens with zero attached hydrogens (tertiary/aromatic N) is 1. The van der Waals surface area contributed by atoms with Crippen LogP contribution in [0.2, 0.25) is 0 Å². The average Bonchev–Trinajstić information content (AvgIpc) is 3.27. The standard InChI is InChI=1S/C20H24BrF3N2O3S3/c1-3-4-9-30-19-16(21)11-18(31-19)32(27,28)25-13-5-6-15(20(22,23)24)17(10-13)29-14-7-8-26(2)12-14/h5-6,10-11,14,25H,3-4,7-9,12H2,1-2H3/t14-/m1/s1. The summed E-state index contributed by atoms with van der Waals surface area (Å²) in [6.45, 7) is 3.32. The summed E-state index contributed by atoms with van der Waals surface area (Å²) < 4.78 is 75.8. The molecule has 32 heavy (non-hydrogen) atoms. The van der Waals surface area contributed by atoms with Crippen molar-refractivity contribution in [2.24, 2.45) is 0 Å². The molecule has 1 atom stereocenters. The summed E-state index contributed by atoms with van der Waals surface area (Å²) in [5.41, 5.74) is -0.910. The summed E-state index contributed by atoms with van der Waals surface area (Å²) in [4.78, 5) is 1.97. The minimum absolute atomic E-state index is 0.0176. The molecule has 0 radical (unpaired) electrons. The van der Waals surface area contributed by atoms with Crippen LogP contribution in [-0.4, -0.2) is 45.3 Å². The van der Waals surface area contributed by atoms with Crippen molar-refractivity contribution in [2.45, 2.75) is 46.9 Å². The second-order valence-electron chi connectivity index (χ2n) is 7.51. The minimum Gasteiger partial charge on any atom is -0.488 e. The number of thiophene rings is 1. The maximum Gasteiger partial charge on any atom is 0.419 e. The van der Waals surface area contributed by atoms with Crippen LogP contribution in [0.5, 0.6) is 5.75 Å². The third-order valence-corrected chi connectivity index (χ3v) is 10.3. The highest BCUT2D eigenvalue weighted by Crippen LogP contribution is 2.41. The number of hydrogen-bond acceptors (Lipinski definition) is 6. The van der Waals surface area contributed by atoms with Crippen molar-refractivity contribution in [1.29, 1.82) is 0 Å². The Hall–Kier alpha value is -0.950. The van der Waals surface area contributed by atoms with Gasteiger partial charge in [-0.3, -0.25) is 4.72 Å². The third kappa shape index (κ3) is 6.55. The van der Waals surface area contributed by atoms with Crippen molar-refractivity contribution in [2.75, 3.05) is 30.6 Å². The molecule has 1 fully saturated rings. The van der Waals surface area contributed by atoms with Crippen LogP contribution < -0.4 is 9.46 Å². The first-order chi connectivity index (χ1) is 15.0. The molecular weight excluding hydrogens is 549 g/mol. The molecule has 12 heteroatoms. The van der Waals surface area contributed by atoms with Gasteiger partial charge in [0.2, 0.25) is 0 Å². The number of unbranched alkanes of at least 4 members (excludes halogenated alkanes) is 1. The van der Waals surface area contributed by atoms with Gasteiger partial charge in [-0.25, -0.2) is 8.42 Å². The van der Waals surface area contributed by atoms with E-state index in [0.29, 0.717) is 17.4 Å². The third-order valence-electron chi connectivity index (χ3n) is 4.81. The van der Waals surface area contributed by atoms with Gasteiger partial charge < -0.3 is 9.64 Å². The number of hydrogen-bond donors (Lipinski definition) is 1. The molecule has 0 amide bonds. The summed E-state index contributed by atoms with van der Waals surface area (Å²) in [5, 5.41) is 0. The molecule has 0 bridgehead atoms. The second kappa shape index (κ2) is 10.5. The van der Waals surface area contributed by atoms with Gasteiger partial charge in [0.25, 0.3) is 10.0 Å². The van der Waals surface area contributed by atoms with Crippen LogP contribution in [0.3, 0.4) is 0 Å². The van der Waals surface area contributed by atoms with Crippen LogP contribution in [0.15, 0.2) is 37.2 Å². The number of rotatable bonds is 9. The highest BCUT2D eigenvalue weighted by Gasteiger charge is 2.36. The molecule has 1 saturated heterocycles. The van der Waals surface area contributed by atoms with E-state index in [4.69, 9.17) is 4.74 Å². The monoisotopic (exact) mass is 572 g/mol. The Kier molecular flexibility index (Phi) is 8.46. The van der Waals surface area contributed by atoms with Crippen LogP contribution in [-0.2, 0) is 16.2 Å². The number of likely N-dealkylation sites (tertiary alicyclic amines) is 1. The molecule has 1 aromatic carbocycles. The lowest BCUT2D eigenvalue weighted by Gasteiger charge is -2.19. The quantitative estimate of drug-likeness (QED) is 0.282. The number of sulfonamides is 1. The predicted octanol–water partition coefficient (Wildman–Crippen LogP) is 6.31. The van der Waals surface area contributed by atoms with E-state index in [-0.39, 0.29) is 21.8 Å². The Balaban J connectivity index is 1.83. The lowest BCUT2D eigenvalue weighted by Crippen LogP contribution is -2.23. The zero-order valence-corrected chi connectivity index (χ0v) is 21.6. The van der Waals surface area contributed by atoms with Crippen LogP contribution in [0.4, 0.5) is 18.9 Å². The van der Waals surface area contributed by atoms with Gasteiger partial charge in [-0.05, 0) is 59.8 Å². The molecule has 0 aliphatic carbocycles. The van der Waals surface area contributed by atoms with Gasteiger partial charge >= 0.3 is 6.18 Å². The van der Waals surface area contributed by atoms with Gasteiger partial charge in [-0.2, -0.15) is 13.2 Å². The Morgan fingerprint density at radius 2 is 2.09 bits per heavy atom. The van der Waals surface area contributed by atoms with E-state index in [1.165, 1.54) is 6.07 Å². The van der Waals surface area contributed by atoms with Gasteiger partial charge in [-0.15, -0.1) is 23.1 Å². The number of halogens is 4. The first-order valence-electron chi connectivity index (χ1n) is 10.0. The summed E-state index contributed by atoms with van der Waals surface area (Å²) in [5.74, 6) is 0.500. The van der Waals surface area contributed by atoms with E-state index in [2.05, 4.69) is 27.6 Å². The fourth-order valence-corrected chi connectivity index (χ4v) is 8.15. The molecule has 1 aliphatic heterocycles. The van der Waals surface area contributed by atoms with E-state index in [9.17, 15) is 21.6 Å². The summed E-state index contributed by atoms with van der Waals surface area (Å²) >= 11 is 6.09. The number of ether oxygens (including phenoxy) is 1. The zero-order valence-electron chi connectivity index (χ0n) is 17.5. The fourth-order valence-electron chi connectivity index (χ4n) is 3.17. The lowest BCUT2D eigenvalue weighted by molar-refractivity contribution is -0.139. The second-order valence-corrected chi connectivity index (χ2v) is 12.7. The Morgan fingerprint density at radius 3 is 2.72 bits per heavy atom. The number of benzene rings is 1. The largest absolute Gasteiger partial charge is 0.488 e. The lowest BCUT2D eigenvalue weighted by atomic mass is 10.1. The van der Waals surface area contributed by atoms with Gasteiger partial charge in [0.05, 0.1) is 15.5 Å². The maximum atomic E-state index is 13.5. The Bertz CT molecular complexity index is 1040. The normalized spacial score (nSPS) is 17.6. The molecule has 1 aliphatic rings. The summed E-state index contributed by atoms with van der Waals surface area (Å²) in [7, 11) is -2.10. The van der Waals surface area contributed by atoms with Crippen LogP contribution in [0.1, 0.15) is 31.7 Å². The van der Waals surface area contributed by atoms with E-state index in [0.717, 1.165) is 58.9 Å². The van der Waals surface area contributed by atoms with Gasteiger partial charge in [0, 0.05) is 23.6 Å². The van der Waals surface area contributed by atoms with E-state index in [1.54, 1.807) is 11.8 Å². The molecule has 0 spiro atoms. The van der Waals surface area contributed by atoms with Gasteiger partial charge in [-0.1, -0.05) is 13.3 Å². The number of alkyl halides is 3. The SMILES string of the molecule is CCCCSc1sc(S(=O)(=O)Nc2ccc(C(F)(F)F)c(O[C@@H]3CCN(C)C3)c2)cc1Br. The molecule has 1 N–H and O–H groups in total. The van der Waals surface area contributed by atoms with Crippen molar-refractivity contribution < 1.29 is 26.3 Å². The predicted molar refractivity (Wildman–Crippen MR) is 126 cm³/mol. The molecule has 178 valence electrons. The molecule has 0 saturated carbocycles. The average molecular weight is 574 g/mol. The number of nitrogens with one attached hydrogen (secondary N) is 1. The smallest absolute Gasteiger partial charge is 0.419 e. The van der Waals surface area contributed by atoms with Crippen LogP contribution in [0.25, 0.3) is 0 Å². The molecule has 0 unspecified atom stereocenters. The molecule has 1 aromatic heterocycles. The molecule has 5 nitrogen and oxygen atoms in total. The van der Waals surface area contributed by atoms with Crippen molar-refractivity contribution >= 4 is 54.7 Å². The first kappa shape index (κ1) is 25.7. The molecular formula is C20H24BrF3N2O3S3. The van der Waals surface area contributed by atoms with Crippen molar-refractivity contribution in [1.82, 2.24) is 4.90 Å². The molecule has 2 aromatic rings. The van der Waals surface area contributed by atoms with Gasteiger partial charge in [0.15, 0.2) is 0 Å². The van der Waals surface area contributed by atoms with E-state index in [1.807, 2.05) is 11.9 Å². The highest BCUT2D eigenvalue weighted by molar-refractivity contribution is 9.10. The maximum absolute atomic E-state index is 13.5. The minimum atomic E-state index is -4.61. The summed E-state index contributed by atoms with van der Waals surface area (Å²) in [6, 6.07) is 4.57. The highest BCUT2D eigenvalue weighted by atomic mass is 79.9. The van der Waals surface area contributed by atoms with E-state index >= 15 is 0 Å². The van der Waals surface area contributed by atoms with Crippen LogP contribution in [0, 0.1) is 0 Å². The molecule has 3 rings (SSSR count). The number of likely N-dealkylation sites (N-methyl/N-ethyl adjacent to an activating group) is 1. The topological polar surface area (TPSA) is 58.6 Å². The number of anilines is 1. The first-order valence-corrected chi connectivity index (χ1v) is 14.1.